The van der Waals surface area contributed by atoms with Gasteiger partial charge in [0.2, 0.25) is 5.91 Å². The molecule has 1 N–H and O–H groups in total. The van der Waals surface area contributed by atoms with E-state index in [2.05, 4.69) is 27.3 Å². The molecular weight excluding hydrogens is 288 g/mol. The van der Waals surface area contributed by atoms with Crippen LogP contribution in [0.5, 0.6) is 0 Å². The Morgan fingerprint density at radius 2 is 2.44 bits per heavy atom. The molecule has 0 bridgehead atoms. The maximum Gasteiger partial charge on any atom is 0.240 e. The van der Waals surface area contributed by atoms with Gasteiger partial charge in [0.15, 0.2) is 0 Å². The minimum Gasteiger partial charge on any atom is -0.350 e. The Labute approximate surface area is 108 Å². The summed E-state index contributed by atoms with van der Waals surface area (Å²) in [5.74, 6) is -0.206. The normalized spacial score (nSPS) is 13.9. The molecule has 5 heteroatoms. The number of nitriles is 1. The van der Waals surface area contributed by atoms with Crippen LogP contribution in [0, 0.1) is 16.7 Å². The second kappa shape index (κ2) is 5.46. The Balaban J connectivity index is 2.57. The van der Waals surface area contributed by atoms with Gasteiger partial charge in [-0.1, -0.05) is 6.92 Å². The lowest BCUT2D eigenvalue weighted by molar-refractivity contribution is -0.127. The van der Waals surface area contributed by atoms with Gasteiger partial charge in [0.25, 0.3) is 0 Å². The van der Waals surface area contributed by atoms with Crippen molar-refractivity contribution in [3.63, 3.8) is 0 Å². The van der Waals surface area contributed by atoms with E-state index in [-0.39, 0.29) is 5.91 Å². The van der Waals surface area contributed by atoms with E-state index in [4.69, 9.17) is 5.26 Å². The van der Waals surface area contributed by atoms with Crippen molar-refractivity contribution in [2.24, 2.45) is 5.41 Å². The van der Waals surface area contributed by atoms with E-state index in [1.807, 2.05) is 18.4 Å². The van der Waals surface area contributed by atoms with Crippen molar-refractivity contribution in [3.8, 4) is 6.07 Å². The minimum absolute atomic E-state index is 0.206. The molecule has 16 heavy (non-hydrogen) atoms. The van der Waals surface area contributed by atoms with E-state index < -0.39 is 5.41 Å². The predicted octanol–water partition coefficient (Wildman–Crippen LogP) is 3.07. The van der Waals surface area contributed by atoms with Crippen molar-refractivity contribution in [2.45, 2.75) is 26.8 Å². The Morgan fingerprint density at radius 1 is 1.75 bits per heavy atom. The molecule has 1 aromatic heterocycles. The zero-order chi connectivity index (χ0) is 12.2. The molecule has 86 valence electrons. The molecule has 0 saturated carbocycles. The molecular formula is C11H13BrN2OS. The molecule has 0 aliphatic carbocycles. The van der Waals surface area contributed by atoms with Crippen molar-refractivity contribution < 1.29 is 4.79 Å². The summed E-state index contributed by atoms with van der Waals surface area (Å²) in [5.41, 5.74) is -0.922. The number of nitrogens with one attached hydrogen (secondary N) is 1. The first kappa shape index (κ1) is 13.2. The summed E-state index contributed by atoms with van der Waals surface area (Å²) >= 11 is 4.92. The lowest BCUT2D eigenvalue weighted by Gasteiger charge is -2.18. The maximum atomic E-state index is 11.8. The number of halogens is 1. The van der Waals surface area contributed by atoms with E-state index in [0.717, 1.165) is 9.35 Å². The average molecular weight is 301 g/mol. The second-order valence-corrected chi connectivity index (χ2v) is 5.62. The van der Waals surface area contributed by atoms with Crippen molar-refractivity contribution in [1.82, 2.24) is 5.32 Å². The van der Waals surface area contributed by atoms with Crippen molar-refractivity contribution in [2.75, 3.05) is 0 Å². The van der Waals surface area contributed by atoms with Gasteiger partial charge < -0.3 is 5.32 Å². The molecule has 1 unspecified atom stereocenters. The first-order valence-corrected chi connectivity index (χ1v) is 6.61. The summed E-state index contributed by atoms with van der Waals surface area (Å²) in [6, 6.07) is 4.01. The van der Waals surface area contributed by atoms with Crippen LogP contribution in [0.15, 0.2) is 15.9 Å². The molecule has 0 aliphatic heterocycles. The van der Waals surface area contributed by atoms with Crippen LogP contribution in [-0.4, -0.2) is 5.91 Å². The standard InChI is InChI=1S/C11H13BrN2OS/c1-3-11(2,7-13)10(15)14-5-9-4-8(12)6-16-9/h4,6H,3,5H2,1-2H3,(H,14,15). The number of nitrogens with zero attached hydrogens (tertiary/aromatic N) is 1. The highest BCUT2D eigenvalue weighted by atomic mass is 79.9. The molecule has 0 aromatic carbocycles. The van der Waals surface area contributed by atoms with Crippen LogP contribution in [0.25, 0.3) is 0 Å². The fourth-order valence-corrected chi connectivity index (χ4v) is 2.49. The quantitative estimate of drug-likeness (QED) is 0.929. The van der Waals surface area contributed by atoms with Crippen molar-refractivity contribution in [1.29, 1.82) is 5.26 Å². The summed E-state index contributed by atoms with van der Waals surface area (Å²) < 4.78 is 1.01. The fraction of sp³-hybridized carbons (Fsp3) is 0.455. The summed E-state index contributed by atoms with van der Waals surface area (Å²) in [5, 5.41) is 13.7. The molecule has 0 radical (unpaired) electrons. The van der Waals surface area contributed by atoms with Gasteiger partial charge in [-0.05, 0) is 35.3 Å². The largest absolute Gasteiger partial charge is 0.350 e. The van der Waals surface area contributed by atoms with Crippen molar-refractivity contribution in [3.05, 3.63) is 20.8 Å². The number of hydrogen-bond acceptors (Lipinski definition) is 3. The van der Waals surface area contributed by atoms with E-state index in [1.54, 1.807) is 18.3 Å². The molecule has 0 saturated heterocycles. The molecule has 0 fully saturated rings. The predicted molar refractivity (Wildman–Crippen MR) is 67.9 cm³/mol. The lowest BCUT2D eigenvalue weighted by Crippen LogP contribution is -2.37. The lowest BCUT2D eigenvalue weighted by atomic mass is 9.88. The molecule has 1 atom stereocenters. The Bertz CT molecular complexity index is 424. The van der Waals surface area contributed by atoms with Gasteiger partial charge >= 0.3 is 0 Å². The summed E-state index contributed by atoms with van der Waals surface area (Å²) in [4.78, 5) is 12.8. The first-order chi connectivity index (χ1) is 7.51. The molecule has 0 spiro atoms. The van der Waals surface area contributed by atoms with Gasteiger partial charge in [0, 0.05) is 14.7 Å². The third-order valence-corrected chi connectivity index (χ3v) is 4.20. The van der Waals surface area contributed by atoms with Crippen LogP contribution < -0.4 is 5.32 Å². The summed E-state index contributed by atoms with van der Waals surface area (Å²) in [6.07, 6.45) is 0.517. The average Bonchev–Trinajstić information content (AvgIpc) is 2.70. The smallest absolute Gasteiger partial charge is 0.240 e. The second-order valence-electron chi connectivity index (χ2n) is 3.71. The highest BCUT2D eigenvalue weighted by Crippen LogP contribution is 2.22. The van der Waals surface area contributed by atoms with E-state index in [0.29, 0.717) is 13.0 Å². The highest BCUT2D eigenvalue weighted by molar-refractivity contribution is 9.10. The van der Waals surface area contributed by atoms with Gasteiger partial charge in [-0.3, -0.25) is 4.79 Å². The van der Waals surface area contributed by atoms with Crippen LogP contribution in [0.1, 0.15) is 25.1 Å². The fourth-order valence-electron chi connectivity index (χ4n) is 1.10. The molecule has 1 amide bonds. The topological polar surface area (TPSA) is 52.9 Å². The third-order valence-electron chi connectivity index (χ3n) is 2.50. The molecule has 3 nitrogen and oxygen atoms in total. The third kappa shape index (κ3) is 3.06. The van der Waals surface area contributed by atoms with E-state index >= 15 is 0 Å². The van der Waals surface area contributed by atoms with Crippen LogP contribution in [0.2, 0.25) is 0 Å². The highest BCUT2D eigenvalue weighted by Gasteiger charge is 2.30. The first-order valence-electron chi connectivity index (χ1n) is 4.94. The molecule has 0 aliphatic rings. The van der Waals surface area contributed by atoms with Crippen molar-refractivity contribution >= 4 is 33.2 Å². The van der Waals surface area contributed by atoms with Gasteiger partial charge in [-0.2, -0.15) is 5.26 Å². The SMILES string of the molecule is CCC(C)(C#N)C(=O)NCc1cc(Br)cs1. The molecule has 1 aromatic rings. The molecule has 1 heterocycles. The van der Waals surface area contributed by atoms with Gasteiger partial charge in [0.1, 0.15) is 5.41 Å². The Morgan fingerprint density at radius 3 is 2.88 bits per heavy atom. The van der Waals surface area contributed by atoms with E-state index in [9.17, 15) is 4.79 Å². The Kier molecular flexibility index (Phi) is 4.51. The van der Waals surface area contributed by atoms with Crippen LogP contribution in [0.4, 0.5) is 0 Å². The number of carbonyl (C=O) groups is 1. The monoisotopic (exact) mass is 300 g/mol. The van der Waals surface area contributed by atoms with Gasteiger partial charge in [-0.15, -0.1) is 11.3 Å². The van der Waals surface area contributed by atoms with Gasteiger partial charge in [0.05, 0.1) is 12.6 Å². The Hall–Kier alpha value is -0.860. The van der Waals surface area contributed by atoms with Crippen LogP contribution in [0.3, 0.4) is 0 Å². The minimum atomic E-state index is -0.922. The number of carbonyl (C=O) groups excluding carboxylic acids is 1. The zero-order valence-corrected chi connectivity index (χ0v) is 11.6. The van der Waals surface area contributed by atoms with Crippen LogP contribution in [-0.2, 0) is 11.3 Å². The van der Waals surface area contributed by atoms with E-state index in [1.165, 1.54) is 0 Å². The number of thiophene rings is 1. The maximum absolute atomic E-state index is 11.8. The molecule has 1 rings (SSSR count). The number of amides is 1. The van der Waals surface area contributed by atoms with Crippen LogP contribution >= 0.6 is 27.3 Å². The summed E-state index contributed by atoms with van der Waals surface area (Å²) in [7, 11) is 0. The zero-order valence-electron chi connectivity index (χ0n) is 9.21. The number of hydrogen-bond donors (Lipinski definition) is 1. The van der Waals surface area contributed by atoms with Gasteiger partial charge in [-0.25, -0.2) is 0 Å². The number of rotatable bonds is 4. The summed E-state index contributed by atoms with van der Waals surface area (Å²) in [6.45, 7) is 3.98.